The van der Waals surface area contributed by atoms with Crippen molar-refractivity contribution in [2.45, 2.75) is 25.7 Å². The molecule has 1 amide bonds. The van der Waals surface area contributed by atoms with Crippen LogP contribution < -0.4 is 10.2 Å². The molecule has 2 atom stereocenters. The molecule has 1 N–H and O–H groups in total. The van der Waals surface area contributed by atoms with Crippen molar-refractivity contribution in [3.63, 3.8) is 0 Å². The number of aromatic nitrogens is 1. The Morgan fingerprint density at radius 3 is 2.90 bits per heavy atom. The summed E-state index contributed by atoms with van der Waals surface area (Å²) in [5, 5.41) is 4.09. The quantitative estimate of drug-likeness (QED) is 0.913. The molecule has 0 bridgehead atoms. The van der Waals surface area contributed by atoms with Gasteiger partial charge in [-0.1, -0.05) is 30.1 Å². The Hall–Kier alpha value is -0.840. The van der Waals surface area contributed by atoms with Gasteiger partial charge in [-0.25, -0.2) is 0 Å². The molecule has 0 spiro atoms. The van der Waals surface area contributed by atoms with Crippen molar-refractivity contribution in [1.82, 2.24) is 10.3 Å². The molecule has 1 aromatic heterocycles. The number of nitrogens with zero attached hydrogens (tertiary/aromatic N) is 2. The molecule has 20 heavy (non-hydrogen) atoms. The largest absolute Gasteiger partial charge is 0.308 e. The van der Waals surface area contributed by atoms with E-state index >= 15 is 0 Å². The maximum absolute atomic E-state index is 12.2. The van der Waals surface area contributed by atoms with E-state index in [1.807, 2.05) is 0 Å². The van der Waals surface area contributed by atoms with Gasteiger partial charge in [-0.3, -0.25) is 9.78 Å². The number of halogens is 2. The third-order valence-corrected chi connectivity index (χ3v) is 4.67. The van der Waals surface area contributed by atoms with E-state index in [-0.39, 0.29) is 5.91 Å². The molecule has 0 aromatic carbocycles. The fourth-order valence-corrected chi connectivity index (χ4v) is 3.38. The third-order valence-electron chi connectivity index (χ3n) is 4.02. The van der Waals surface area contributed by atoms with Crippen molar-refractivity contribution in [2.75, 3.05) is 24.5 Å². The predicted molar refractivity (Wildman–Crippen MR) is 80.6 cm³/mol. The molecular weight excluding hydrogens is 297 g/mol. The monoisotopic (exact) mass is 313 g/mol. The van der Waals surface area contributed by atoms with E-state index < -0.39 is 0 Å². The second-order valence-electron chi connectivity index (χ2n) is 5.55. The van der Waals surface area contributed by atoms with Crippen molar-refractivity contribution < 1.29 is 4.79 Å². The van der Waals surface area contributed by atoms with Gasteiger partial charge in [0.25, 0.3) is 0 Å². The van der Waals surface area contributed by atoms with Crippen molar-refractivity contribution in [2.24, 2.45) is 5.92 Å². The summed E-state index contributed by atoms with van der Waals surface area (Å²) in [4.78, 5) is 18.3. The Balaban J connectivity index is 2.00. The van der Waals surface area contributed by atoms with Crippen LogP contribution in [0, 0.1) is 5.92 Å². The standard InChI is InChI=1S/C14H17Cl2N3O/c1-8-5-9(8)13-12(16)14(10(15)6-18-13)19-4-2-3-17-7-11(19)20/h6,8-9,17H,2-5,7H2,1H3/t8?,9-/m0/s1. The zero-order valence-electron chi connectivity index (χ0n) is 11.3. The number of hydrogen-bond donors (Lipinski definition) is 1. The van der Waals surface area contributed by atoms with E-state index in [2.05, 4.69) is 17.2 Å². The highest BCUT2D eigenvalue weighted by atomic mass is 35.5. The van der Waals surface area contributed by atoms with Crippen LogP contribution >= 0.6 is 23.2 Å². The Kier molecular flexibility index (Phi) is 3.89. The van der Waals surface area contributed by atoms with Crippen molar-refractivity contribution >= 4 is 34.8 Å². The van der Waals surface area contributed by atoms with Crippen LogP contribution in [0.4, 0.5) is 5.69 Å². The Morgan fingerprint density at radius 1 is 1.45 bits per heavy atom. The normalized spacial score (nSPS) is 26.6. The summed E-state index contributed by atoms with van der Waals surface area (Å²) in [5.41, 5.74) is 1.51. The smallest absolute Gasteiger partial charge is 0.241 e. The number of amides is 1. The van der Waals surface area contributed by atoms with E-state index in [0.29, 0.717) is 40.7 Å². The second kappa shape index (κ2) is 5.51. The van der Waals surface area contributed by atoms with E-state index in [1.54, 1.807) is 11.1 Å². The summed E-state index contributed by atoms with van der Waals surface area (Å²) < 4.78 is 0. The van der Waals surface area contributed by atoms with Gasteiger partial charge in [0, 0.05) is 18.7 Å². The lowest BCUT2D eigenvalue weighted by atomic mass is 10.2. The van der Waals surface area contributed by atoms with Gasteiger partial charge in [-0.2, -0.15) is 0 Å². The van der Waals surface area contributed by atoms with Crippen LogP contribution in [0.5, 0.6) is 0 Å². The molecule has 1 aliphatic carbocycles. The SMILES string of the molecule is CC1C[C@@H]1c1ncc(Cl)c(N2CCCNCC2=O)c1Cl. The second-order valence-corrected chi connectivity index (χ2v) is 6.33. The van der Waals surface area contributed by atoms with Crippen LogP contribution in [0.1, 0.15) is 31.4 Å². The molecule has 1 aromatic rings. The molecular formula is C14H17Cl2N3O. The summed E-state index contributed by atoms with van der Waals surface area (Å²) in [5.74, 6) is 1.02. The first kappa shape index (κ1) is 14.1. The van der Waals surface area contributed by atoms with Gasteiger partial charge in [0.05, 0.1) is 28.0 Å². The molecule has 6 heteroatoms. The highest BCUT2D eigenvalue weighted by molar-refractivity contribution is 6.40. The Labute approximate surface area is 128 Å². The van der Waals surface area contributed by atoms with Crippen LogP contribution in [0.25, 0.3) is 0 Å². The molecule has 0 radical (unpaired) electrons. The minimum absolute atomic E-state index is 0.00676. The first-order valence-corrected chi connectivity index (χ1v) is 7.70. The molecule has 2 aliphatic rings. The molecule has 108 valence electrons. The number of pyridine rings is 1. The summed E-state index contributed by atoms with van der Waals surface area (Å²) in [6.45, 7) is 3.96. The summed E-state index contributed by atoms with van der Waals surface area (Å²) in [6, 6.07) is 0. The Morgan fingerprint density at radius 2 is 2.20 bits per heavy atom. The maximum atomic E-state index is 12.2. The van der Waals surface area contributed by atoms with Crippen LogP contribution in [0.15, 0.2) is 6.20 Å². The van der Waals surface area contributed by atoms with Crippen LogP contribution in [0.3, 0.4) is 0 Å². The van der Waals surface area contributed by atoms with Gasteiger partial charge >= 0.3 is 0 Å². The average Bonchev–Trinajstić information content (AvgIpc) is 3.15. The molecule has 2 heterocycles. The van der Waals surface area contributed by atoms with E-state index in [9.17, 15) is 4.79 Å². The van der Waals surface area contributed by atoms with Gasteiger partial charge in [0.1, 0.15) is 0 Å². The number of carbonyl (C=O) groups is 1. The Bertz CT molecular complexity index is 549. The first-order valence-electron chi connectivity index (χ1n) is 6.94. The minimum Gasteiger partial charge on any atom is -0.308 e. The number of nitrogens with one attached hydrogen (secondary N) is 1. The fraction of sp³-hybridized carbons (Fsp3) is 0.571. The highest BCUT2D eigenvalue weighted by Crippen LogP contribution is 2.50. The highest BCUT2D eigenvalue weighted by Gasteiger charge is 2.38. The molecule has 4 nitrogen and oxygen atoms in total. The van der Waals surface area contributed by atoms with Crippen LogP contribution in [-0.2, 0) is 4.79 Å². The average molecular weight is 314 g/mol. The lowest BCUT2D eigenvalue weighted by Crippen LogP contribution is -2.35. The van der Waals surface area contributed by atoms with Gasteiger partial charge in [0.2, 0.25) is 5.91 Å². The van der Waals surface area contributed by atoms with Crippen molar-refractivity contribution in [1.29, 1.82) is 0 Å². The predicted octanol–water partition coefficient (Wildman–Crippen LogP) is 2.84. The minimum atomic E-state index is 0.00676. The maximum Gasteiger partial charge on any atom is 0.241 e. The summed E-state index contributed by atoms with van der Waals surface area (Å²) >= 11 is 12.8. The number of anilines is 1. The fourth-order valence-electron chi connectivity index (χ4n) is 2.69. The molecule has 3 rings (SSSR count). The summed E-state index contributed by atoms with van der Waals surface area (Å²) in [6.07, 6.45) is 3.61. The topological polar surface area (TPSA) is 45.2 Å². The third kappa shape index (κ3) is 2.52. The van der Waals surface area contributed by atoms with Crippen molar-refractivity contribution in [3.8, 4) is 0 Å². The van der Waals surface area contributed by atoms with Gasteiger partial charge in [0.15, 0.2) is 0 Å². The van der Waals surface area contributed by atoms with Crippen molar-refractivity contribution in [3.05, 3.63) is 21.9 Å². The number of hydrogen-bond acceptors (Lipinski definition) is 3. The molecule has 1 unspecified atom stereocenters. The molecule has 1 saturated heterocycles. The van der Waals surface area contributed by atoms with E-state index in [4.69, 9.17) is 23.2 Å². The molecule has 2 fully saturated rings. The van der Waals surface area contributed by atoms with Crippen LogP contribution in [-0.4, -0.2) is 30.5 Å². The summed E-state index contributed by atoms with van der Waals surface area (Å²) in [7, 11) is 0. The molecule has 1 aliphatic heterocycles. The lowest BCUT2D eigenvalue weighted by molar-refractivity contribution is -0.117. The van der Waals surface area contributed by atoms with Gasteiger partial charge < -0.3 is 10.2 Å². The van der Waals surface area contributed by atoms with Gasteiger partial charge in [-0.15, -0.1) is 0 Å². The van der Waals surface area contributed by atoms with Crippen LogP contribution in [0.2, 0.25) is 10.0 Å². The zero-order valence-corrected chi connectivity index (χ0v) is 12.8. The number of carbonyl (C=O) groups excluding carboxylic acids is 1. The van der Waals surface area contributed by atoms with E-state index in [1.165, 1.54) is 0 Å². The van der Waals surface area contributed by atoms with E-state index in [0.717, 1.165) is 25.1 Å². The first-order chi connectivity index (χ1) is 9.59. The zero-order chi connectivity index (χ0) is 14.3. The lowest BCUT2D eigenvalue weighted by Gasteiger charge is -2.23. The van der Waals surface area contributed by atoms with Gasteiger partial charge in [-0.05, 0) is 25.3 Å². The number of rotatable bonds is 2. The molecule has 1 saturated carbocycles.